The highest BCUT2D eigenvalue weighted by Gasteiger charge is 2.08. The third-order valence-electron chi connectivity index (χ3n) is 1.68. The Labute approximate surface area is 106 Å². The molecule has 0 saturated carbocycles. The predicted octanol–water partition coefficient (Wildman–Crippen LogP) is 2.91. The number of nitrogen functional groups attached to an aromatic ring is 1. The molecule has 7 heteroatoms. The molecule has 0 aliphatic heterocycles. The monoisotopic (exact) mass is 272 g/mol. The summed E-state index contributed by atoms with van der Waals surface area (Å²) < 4.78 is 0. The van der Waals surface area contributed by atoms with E-state index in [1.807, 2.05) is 0 Å². The third kappa shape index (κ3) is 2.55. The molecule has 0 bridgehead atoms. The van der Waals surface area contributed by atoms with Crippen LogP contribution >= 0.6 is 35.0 Å². The van der Waals surface area contributed by atoms with Crippen LogP contribution in [0.1, 0.15) is 0 Å². The normalized spacial score (nSPS) is 10.4. The van der Waals surface area contributed by atoms with Crippen LogP contribution in [0, 0.1) is 0 Å². The van der Waals surface area contributed by atoms with Gasteiger partial charge in [-0.2, -0.15) is 0 Å². The molecule has 2 N–H and O–H groups in total. The average Bonchev–Trinajstić information content (AvgIpc) is 2.25. The first-order valence-electron chi connectivity index (χ1n) is 4.22. The third-order valence-corrected chi connectivity index (χ3v) is 3.36. The molecule has 0 fully saturated rings. The van der Waals surface area contributed by atoms with E-state index in [4.69, 9.17) is 28.9 Å². The first-order chi connectivity index (χ1) is 7.66. The Kier molecular flexibility index (Phi) is 3.48. The molecule has 2 heterocycles. The summed E-state index contributed by atoms with van der Waals surface area (Å²) in [6.45, 7) is 0. The molecule has 4 nitrogen and oxygen atoms in total. The molecule has 0 aromatic carbocycles. The van der Waals surface area contributed by atoms with Gasteiger partial charge in [0.15, 0.2) is 5.82 Å². The Balaban J connectivity index is 2.31. The number of anilines is 1. The summed E-state index contributed by atoms with van der Waals surface area (Å²) in [5.74, 6) is 0.283. The molecule has 2 aromatic rings. The molecule has 0 aliphatic rings. The number of pyridine rings is 1. The largest absolute Gasteiger partial charge is 0.381 e. The van der Waals surface area contributed by atoms with Crippen LogP contribution < -0.4 is 5.73 Å². The maximum absolute atomic E-state index is 5.96. The predicted molar refractivity (Wildman–Crippen MR) is 64.8 cm³/mol. The van der Waals surface area contributed by atoms with E-state index in [2.05, 4.69) is 15.0 Å². The SMILES string of the molecule is Nc1nc(Cl)cnc1Sc1ccncc1Cl. The molecule has 0 unspecified atom stereocenters. The van der Waals surface area contributed by atoms with Crippen molar-refractivity contribution in [1.82, 2.24) is 15.0 Å². The van der Waals surface area contributed by atoms with Crippen molar-refractivity contribution < 1.29 is 0 Å². The molecule has 0 atom stereocenters. The summed E-state index contributed by atoms with van der Waals surface area (Å²) in [5, 5.41) is 1.38. The lowest BCUT2D eigenvalue weighted by atomic mass is 10.5. The lowest BCUT2D eigenvalue weighted by Gasteiger charge is -2.04. The number of nitrogens with two attached hydrogens (primary N) is 1. The van der Waals surface area contributed by atoms with E-state index >= 15 is 0 Å². The second kappa shape index (κ2) is 4.86. The van der Waals surface area contributed by atoms with E-state index in [0.29, 0.717) is 10.0 Å². The van der Waals surface area contributed by atoms with Gasteiger partial charge in [0.05, 0.1) is 11.2 Å². The van der Waals surface area contributed by atoms with Crippen molar-refractivity contribution in [2.24, 2.45) is 0 Å². The summed E-state index contributed by atoms with van der Waals surface area (Å²) in [6, 6.07) is 1.78. The number of rotatable bonds is 2. The highest BCUT2D eigenvalue weighted by Crippen LogP contribution is 2.33. The van der Waals surface area contributed by atoms with Crippen LogP contribution in [0.15, 0.2) is 34.6 Å². The van der Waals surface area contributed by atoms with Crippen LogP contribution in [-0.4, -0.2) is 15.0 Å². The number of halogens is 2. The van der Waals surface area contributed by atoms with Gasteiger partial charge in [-0.25, -0.2) is 9.97 Å². The number of nitrogens with zero attached hydrogens (tertiary/aromatic N) is 3. The fourth-order valence-corrected chi connectivity index (χ4v) is 2.12. The van der Waals surface area contributed by atoms with Gasteiger partial charge in [-0.15, -0.1) is 0 Å². The summed E-state index contributed by atoms with van der Waals surface area (Å²) >= 11 is 12.9. The van der Waals surface area contributed by atoms with Gasteiger partial charge in [-0.1, -0.05) is 35.0 Å². The minimum Gasteiger partial charge on any atom is -0.381 e. The molecule has 2 rings (SSSR count). The van der Waals surface area contributed by atoms with E-state index < -0.39 is 0 Å². The van der Waals surface area contributed by atoms with Crippen molar-refractivity contribution in [3.8, 4) is 0 Å². The van der Waals surface area contributed by atoms with E-state index in [-0.39, 0.29) is 11.0 Å². The zero-order valence-electron chi connectivity index (χ0n) is 7.89. The molecule has 0 spiro atoms. The summed E-state index contributed by atoms with van der Waals surface area (Å²) in [6.07, 6.45) is 4.65. The Morgan fingerprint density at radius 1 is 1.25 bits per heavy atom. The fourth-order valence-electron chi connectivity index (χ4n) is 0.998. The molecule has 16 heavy (non-hydrogen) atoms. The lowest BCUT2D eigenvalue weighted by Crippen LogP contribution is -1.95. The van der Waals surface area contributed by atoms with Crippen molar-refractivity contribution in [2.75, 3.05) is 5.73 Å². The molecule has 0 amide bonds. The first-order valence-corrected chi connectivity index (χ1v) is 5.79. The minimum atomic E-state index is 0.266. The molecule has 82 valence electrons. The van der Waals surface area contributed by atoms with Crippen LogP contribution in [-0.2, 0) is 0 Å². The highest BCUT2D eigenvalue weighted by atomic mass is 35.5. The Morgan fingerprint density at radius 2 is 2.06 bits per heavy atom. The van der Waals surface area contributed by atoms with Crippen molar-refractivity contribution in [3.05, 3.63) is 34.8 Å². The zero-order valence-corrected chi connectivity index (χ0v) is 10.2. The molecular weight excluding hydrogens is 267 g/mol. The first kappa shape index (κ1) is 11.4. The van der Waals surface area contributed by atoms with Gasteiger partial charge < -0.3 is 5.73 Å². The Bertz CT molecular complexity index is 521. The van der Waals surface area contributed by atoms with Crippen molar-refractivity contribution in [1.29, 1.82) is 0 Å². The maximum atomic E-state index is 5.96. The van der Waals surface area contributed by atoms with E-state index in [0.717, 1.165) is 4.90 Å². The van der Waals surface area contributed by atoms with Gasteiger partial charge in [0.2, 0.25) is 0 Å². The fraction of sp³-hybridized carbons (Fsp3) is 0. The van der Waals surface area contributed by atoms with Gasteiger partial charge in [-0.05, 0) is 6.07 Å². The smallest absolute Gasteiger partial charge is 0.158 e. The maximum Gasteiger partial charge on any atom is 0.158 e. The average molecular weight is 273 g/mol. The Hall–Kier alpha value is -1.04. The summed E-state index contributed by atoms with van der Waals surface area (Å²) in [7, 11) is 0. The molecule has 0 saturated heterocycles. The standard InChI is InChI=1S/C9H6Cl2N4S/c10-5-3-13-2-1-6(5)16-9-8(12)15-7(11)4-14-9/h1-4H,(H2,12,15). The topological polar surface area (TPSA) is 64.7 Å². The molecule has 2 aromatic heterocycles. The van der Waals surface area contributed by atoms with Crippen molar-refractivity contribution in [3.63, 3.8) is 0 Å². The zero-order chi connectivity index (χ0) is 11.5. The Morgan fingerprint density at radius 3 is 2.75 bits per heavy atom. The van der Waals surface area contributed by atoms with Gasteiger partial charge in [0.1, 0.15) is 10.2 Å². The highest BCUT2D eigenvalue weighted by molar-refractivity contribution is 7.99. The van der Waals surface area contributed by atoms with Crippen LogP contribution in [0.2, 0.25) is 10.2 Å². The van der Waals surface area contributed by atoms with E-state index in [9.17, 15) is 0 Å². The van der Waals surface area contributed by atoms with Crippen LogP contribution in [0.5, 0.6) is 0 Å². The number of aromatic nitrogens is 3. The van der Waals surface area contributed by atoms with E-state index in [1.54, 1.807) is 18.5 Å². The summed E-state index contributed by atoms with van der Waals surface area (Å²) in [4.78, 5) is 12.7. The van der Waals surface area contributed by atoms with Gasteiger partial charge in [-0.3, -0.25) is 4.98 Å². The van der Waals surface area contributed by atoms with Gasteiger partial charge in [0.25, 0.3) is 0 Å². The minimum absolute atomic E-state index is 0.266. The molecule has 0 aliphatic carbocycles. The van der Waals surface area contributed by atoms with Crippen LogP contribution in [0.25, 0.3) is 0 Å². The van der Waals surface area contributed by atoms with Gasteiger partial charge >= 0.3 is 0 Å². The van der Waals surface area contributed by atoms with Crippen molar-refractivity contribution in [2.45, 2.75) is 9.92 Å². The van der Waals surface area contributed by atoms with Crippen LogP contribution in [0.3, 0.4) is 0 Å². The molecular formula is C9H6Cl2N4S. The van der Waals surface area contributed by atoms with Gasteiger partial charge in [0, 0.05) is 17.3 Å². The number of hydrogen-bond acceptors (Lipinski definition) is 5. The second-order valence-corrected chi connectivity index (χ2v) is 4.62. The van der Waals surface area contributed by atoms with Crippen LogP contribution in [0.4, 0.5) is 5.82 Å². The second-order valence-electron chi connectivity index (χ2n) is 2.79. The quantitative estimate of drug-likeness (QED) is 0.911. The van der Waals surface area contributed by atoms with Crippen molar-refractivity contribution >= 4 is 40.8 Å². The lowest BCUT2D eigenvalue weighted by molar-refractivity contribution is 1.07. The molecule has 0 radical (unpaired) electrons. The summed E-state index contributed by atoms with van der Waals surface area (Å²) in [5.41, 5.74) is 5.68. The van der Waals surface area contributed by atoms with E-state index in [1.165, 1.54) is 18.0 Å². The number of hydrogen-bond donors (Lipinski definition) is 1.